The SMILES string of the molecule is CCOc1ccccc1OCC(=O)N(CCO)C(C)C. The molecule has 1 N–H and O–H groups in total. The topological polar surface area (TPSA) is 59.0 Å². The zero-order valence-electron chi connectivity index (χ0n) is 12.3. The summed E-state index contributed by atoms with van der Waals surface area (Å²) in [4.78, 5) is 13.7. The molecule has 0 unspecified atom stereocenters. The van der Waals surface area contributed by atoms with Gasteiger partial charge in [-0.2, -0.15) is 0 Å². The fourth-order valence-electron chi connectivity index (χ4n) is 1.85. The minimum absolute atomic E-state index is 0.0281. The van der Waals surface area contributed by atoms with Crippen molar-refractivity contribution in [3.63, 3.8) is 0 Å². The Morgan fingerprint density at radius 1 is 1.25 bits per heavy atom. The monoisotopic (exact) mass is 281 g/mol. The van der Waals surface area contributed by atoms with E-state index in [4.69, 9.17) is 14.6 Å². The van der Waals surface area contributed by atoms with Gasteiger partial charge in [0.05, 0.1) is 13.2 Å². The van der Waals surface area contributed by atoms with Crippen LogP contribution in [0.25, 0.3) is 0 Å². The number of nitrogens with zero attached hydrogens (tertiary/aromatic N) is 1. The molecule has 1 aromatic rings. The number of aliphatic hydroxyl groups is 1. The van der Waals surface area contributed by atoms with Gasteiger partial charge in [-0.25, -0.2) is 0 Å². The van der Waals surface area contributed by atoms with Crippen LogP contribution in [0.3, 0.4) is 0 Å². The first-order valence-electron chi connectivity index (χ1n) is 6.85. The molecule has 1 rings (SSSR count). The standard InChI is InChI=1S/C15H23NO4/c1-4-19-13-7-5-6-8-14(13)20-11-15(18)16(9-10-17)12(2)3/h5-8,12,17H,4,9-11H2,1-3H3. The normalized spacial score (nSPS) is 10.4. The van der Waals surface area contributed by atoms with E-state index in [0.29, 0.717) is 24.7 Å². The number of amides is 1. The van der Waals surface area contributed by atoms with Crippen LogP contribution in [0.2, 0.25) is 0 Å². The van der Waals surface area contributed by atoms with E-state index in [1.54, 1.807) is 17.0 Å². The van der Waals surface area contributed by atoms with Crippen LogP contribution in [0.4, 0.5) is 0 Å². The highest BCUT2D eigenvalue weighted by molar-refractivity contribution is 5.78. The van der Waals surface area contributed by atoms with Crippen LogP contribution in [0.15, 0.2) is 24.3 Å². The number of hydrogen-bond donors (Lipinski definition) is 1. The molecule has 1 aromatic carbocycles. The quantitative estimate of drug-likeness (QED) is 0.788. The summed E-state index contributed by atoms with van der Waals surface area (Å²) in [6.45, 7) is 6.43. The Balaban J connectivity index is 2.64. The molecule has 5 nitrogen and oxygen atoms in total. The lowest BCUT2D eigenvalue weighted by Gasteiger charge is -2.26. The summed E-state index contributed by atoms with van der Waals surface area (Å²) in [5.41, 5.74) is 0. The number of aliphatic hydroxyl groups excluding tert-OH is 1. The van der Waals surface area contributed by atoms with Crippen LogP contribution in [-0.4, -0.2) is 48.3 Å². The number of ether oxygens (including phenoxy) is 2. The Hall–Kier alpha value is -1.75. The Morgan fingerprint density at radius 3 is 2.35 bits per heavy atom. The predicted octanol–water partition coefficient (Wildman–Crippen LogP) is 1.69. The van der Waals surface area contributed by atoms with Crippen molar-refractivity contribution in [1.29, 1.82) is 0 Å². The van der Waals surface area contributed by atoms with E-state index in [2.05, 4.69) is 0 Å². The summed E-state index contributed by atoms with van der Waals surface area (Å²) >= 11 is 0. The molecule has 0 aliphatic rings. The van der Waals surface area contributed by atoms with Crippen LogP contribution < -0.4 is 9.47 Å². The Labute approximate surface area is 120 Å². The van der Waals surface area contributed by atoms with Crippen molar-refractivity contribution in [2.45, 2.75) is 26.8 Å². The molecule has 112 valence electrons. The molecule has 0 heterocycles. The second-order valence-corrected chi connectivity index (χ2v) is 4.57. The van der Waals surface area contributed by atoms with Gasteiger partial charge in [-0.15, -0.1) is 0 Å². The molecule has 1 amide bonds. The Bertz CT molecular complexity index is 420. The molecule has 20 heavy (non-hydrogen) atoms. The summed E-state index contributed by atoms with van der Waals surface area (Å²) in [6.07, 6.45) is 0. The van der Waals surface area contributed by atoms with Gasteiger partial charge in [-0.3, -0.25) is 4.79 Å². The molecule has 5 heteroatoms. The summed E-state index contributed by atoms with van der Waals surface area (Å²) in [5.74, 6) is 1.02. The maximum atomic E-state index is 12.1. The van der Waals surface area contributed by atoms with Gasteiger partial charge in [0.2, 0.25) is 0 Å². The smallest absolute Gasteiger partial charge is 0.260 e. The number of carbonyl (C=O) groups excluding carboxylic acids is 1. The fraction of sp³-hybridized carbons (Fsp3) is 0.533. The van der Waals surface area contributed by atoms with Crippen LogP contribution in [-0.2, 0) is 4.79 Å². The van der Waals surface area contributed by atoms with E-state index in [9.17, 15) is 4.79 Å². The largest absolute Gasteiger partial charge is 0.490 e. The Morgan fingerprint density at radius 2 is 1.85 bits per heavy atom. The highest BCUT2D eigenvalue weighted by Gasteiger charge is 2.17. The van der Waals surface area contributed by atoms with Gasteiger partial charge in [-0.05, 0) is 32.9 Å². The third-order valence-electron chi connectivity index (χ3n) is 2.78. The first-order chi connectivity index (χ1) is 9.60. The van der Waals surface area contributed by atoms with Crippen LogP contribution >= 0.6 is 0 Å². The lowest BCUT2D eigenvalue weighted by molar-refractivity contribution is -0.135. The molecular formula is C15H23NO4. The average molecular weight is 281 g/mol. The molecule has 0 atom stereocenters. The van der Waals surface area contributed by atoms with Gasteiger partial charge in [0.1, 0.15) is 0 Å². The summed E-state index contributed by atoms with van der Waals surface area (Å²) in [7, 11) is 0. The minimum Gasteiger partial charge on any atom is -0.490 e. The molecule has 0 bridgehead atoms. The van der Waals surface area contributed by atoms with Gasteiger partial charge in [0.15, 0.2) is 18.1 Å². The molecule has 0 radical (unpaired) electrons. The number of hydrogen-bond acceptors (Lipinski definition) is 4. The maximum absolute atomic E-state index is 12.1. The van der Waals surface area contributed by atoms with Gasteiger partial charge >= 0.3 is 0 Å². The summed E-state index contributed by atoms with van der Waals surface area (Å²) < 4.78 is 11.0. The maximum Gasteiger partial charge on any atom is 0.260 e. The average Bonchev–Trinajstić information content (AvgIpc) is 2.43. The van der Waals surface area contributed by atoms with E-state index in [0.717, 1.165) is 0 Å². The van der Waals surface area contributed by atoms with Crippen molar-refractivity contribution in [2.24, 2.45) is 0 Å². The van der Waals surface area contributed by atoms with Gasteiger partial charge in [-0.1, -0.05) is 12.1 Å². The van der Waals surface area contributed by atoms with Crippen LogP contribution in [0, 0.1) is 0 Å². The van der Waals surface area contributed by atoms with Crippen molar-refractivity contribution >= 4 is 5.91 Å². The molecule has 0 fully saturated rings. The molecule has 0 aliphatic carbocycles. The van der Waals surface area contributed by atoms with E-state index >= 15 is 0 Å². The molecule has 0 aliphatic heterocycles. The van der Waals surface area contributed by atoms with E-state index in [1.165, 1.54) is 0 Å². The lowest BCUT2D eigenvalue weighted by Crippen LogP contribution is -2.41. The predicted molar refractivity (Wildman–Crippen MR) is 77.0 cm³/mol. The van der Waals surface area contributed by atoms with Crippen molar-refractivity contribution < 1.29 is 19.4 Å². The molecule has 0 saturated heterocycles. The van der Waals surface area contributed by atoms with Crippen LogP contribution in [0.5, 0.6) is 11.5 Å². The van der Waals surface area contributed by atoms with Crippen molar-refractivity contribution in [3.8, 4) is 11.5 Å². The number of para-hydroxylation sites is 2. The van der Waals surface area contributed by atoms with Gasteiger partial charge in [0.25, 0.3) is 5.91 Å². The van der Waals surface area contributed by atoms with E-state index in [1.807, 2.05) is 32.9 Å². The zero-order chi connectivity index (χ0) is 15.0. The zero-order valence-corrected chi connectivity index (χ0v) is 12.3. The number of carbonyl (C=O) groups is 1. The van der Waals surface area contributed by atoms with Crippen molar-refractivity contribution in [1.82, 2.24) is 4.90 Å². The molecular weight excluding hydrogens is 258 g/mol. The second-order valence-electron chi connectivity index (χ2n) is 4.57. The summed E-state index contributed by atoms with van der Waals surface area (Å²) in [5, 5.41) is 8.98. The van der Waals surface area contributed by atoms with E-state index in [-0.39, 0.29) is 25.2 Å². The van der Waals surface area contributed by atoms with Crippen LogP contribution in [0.1, 0.15) is 20.8 Å². The Kier molecular flexibility index (Phi) is 6.87. The van der Waals surface area contributed by atoms with Gasteiger partial charge in [0, 0.05) is 12.6 Å². The summed E-state index contributed by atoms with van der Waals surface area (Å²) in [6, 6.07) is 7.28. The van der Waals surface area contributed by atoms with Gasteiger partial charge < -0.3 is 19.5 Å². The first-order valence-corrected chi connectivity index (χ1v) is 6.85. The lowest BCUT2D eigenvalue weighted by atomic mass is 10.3. The molecule has 0 spiro atoms. The van der Waals surface area contributed by atoms with Crippen molar-refractivity contribution in [3.05, 3.63) is 24.3 Å². The van der Waals surface area contributed by atoms with E-state index < -0.39 is 0 Å². The molecule has 0 aromatic heterocycles. The highest BCUT2D eigenvalue weighted by Crippen LogP contribution is 2.26. The first kappa shape index (κ1) is 16.3. The van der Waals surface area contributed by atoms with Crippen molar-refractivity contribution in [2.75, 3.05) is 26.4 Å². The molecule has 0 saturated carbocycles. The number of rotatable bonds is 8. The minimum atomic E-state index is -0.152. The highest BCUT2D eigenvalue weighted by atomic mass is 16.5. The fourth-order valence-corrected chi connectivity index (χ4v) is 1.85. The second kappa shape index (κ2) is 8.43. The third kappa shape index (κ3) is 4.74. The third-order valence-corrected chi connectivity index (χ3v) is 2.78. The number of benzene rings is 1.